The Morgan fingerprint density at radius 3 is 2.68 bits per heavy atom. The fraction of sp³-hybridized carbons (Fsp3) is 0.533. The normalized spacial score (nSPS) is 16.1. The zero-order valence-electron chi connectivity index (χ0n) is 12.3. The number of piperidine rings is 1. The lowest BCUT2D eigenvalue weighted by Gasteiger charge is -2.32. The Kier molecular flexibility index (Phi) is 5.99. The molecule has 1 N–H and O–H groups in total. The van der Waals surface area contributed by atoms with Gasteiger partial charge in [0.2, 0.25) is 12.3 Å². The monoisotopic (exact) mass is 332 g/mol. The molecule has 1 aliphatic rings. The number of rotatable bonds is 5. The predicted molar refractivity (Wildman–Crippen MR) is 82.0 cm³/mol. The first-order valence-corrected chi connectivity index (χ1v) is 8.17. The average Bonchev–Trinajstić information content (AvgIpc) is 2.47. The van der Waals surface area contributed by atoms with Crippen molar-refractivity contribution in [1.29, 1.82) is 0 Å². The van der Waals surface area contributed by atoms with E-state index in [1.54, 1.807) is 11.8 Å². The number of anilines is 1. The van der Waals surface area contributed by atoms with Gasteiger partial charge in [0.15, 0.2) is 0 Å². The first-order valence-electron chi connectivity index (χ1n) is 7.18. The molecule has 0 unspecified atom stereocenters. The minimum Gasteiger partial charge on any atom is -0.381 e. The molecule has 3 nitrogen and oxygen atoms in total. The van der Waals surface area contributed by atoms with Crippen molar-refractivity contribution in [3.8, 4) is 0 Å². The topological polar surface area (TPSA) is 32.3 Å². The Bertz CT molecular complexity index is 520. The van der Waals surface area contributed by atoms with E-state index in [0.717, 1.165) is 24.6 Å². The number of thioether (sulfide) groups is 1. The quantitative estimate of drug-likeness (QED) is 0.836. The second-order valence-corrected chi connectivity index (χ2v) is 6.33. The van der Waals surface area contributed by atoms with Crippen molar-refractivity contribution >= 4 is 23.4 Å². The van der Waals surface area contributed by atoms with Gasteiger partial charge in [0, 0.05) is 31.0 Å². The number of hydrogen-bond donors (Lipinski definition) is 1. The van der Waals surface area contributed by atoms with E-state index in [1.807, 2.05) is 0 Å². The van der Waals surface area contributed by atoms with Crippen LogP contribution < -0.4 is 5.32 Å². The molecule has 0 spiro atoms. The zero-order valence-corrected chi connectivity index (χ0v) is 13.1. The zero-order chi connectivity index (χ0) is 16.1. The van der Waals surface area contributed by atoms with Crippen molar-refractivity contribution in [2.45, 2.75) is 37.1 Å². The maximum Gasteiger partial charge on any atom is 0.247 e. The van der Waals surface area contributed by atoms with Gasteiger partial charge in [-0.3, -0.25) is 4.79 Å². The number of halogens is 3. The Morgan fingerprint density at radius 1 is 1.41 bits per heavy atom. The van der Waals surface area contributed by atoms with Gasteiger partial charge >= 0.3 is 0 Å². The molecule has 122 valence electrons. The van der Waals surface area contributed by atoms with Crippen LogP contribution in [0, 0.1) is 5.82 Å². The molecule has 1 saturated heterocycles. The molecule has 7 heteroatoms. The van der Waals surface area contributed by atoms with Crippen LogP contribution >= 0.6 is 11.8 Å². The molecular weight excluding hydrogens is 313 g/mol. The number of alkyl halides is 2. The van der Waals surface area contributed by atoms with Gasteiger partial charge in [-0.15, -0.1) is 11.8 Å². The van der Waals surface area contributed by atoms with Gasteiger partial charge in [-0.25, -0.2) is 13.2 Å². The highest BCUT2D eigenvalue weighted by Crippen LogP contribution is 2.30. The lowest BCUT2D eigenvalue weighted by atomic mass is 10.0. The standard InChI is InChI=1S/C15H19F3N2OS/c1-10(21)20-6-4-12(5-7-20)19-13-8-11(16)2-3-14(13)22-9-15(17)18/h2-3,8,12,15,19H,4-7,9H2,1H3. The summed E-state index contributed by atoms with van der Waals surface area (Å²) in [5.41, 5.74) is 0.548. The number of carbonyl (C=O) groups excluding carboxylic acids is 1. The van der Waals surface area contributed by atoms with Crippen LogP contribution in [-0.4, -0.2) is 42.1 Å². The summed E-state index contributed by atoms with van der Waals surface area (Å²) < 4.78 is 38.1. The predicted octanol–water partition coefficient (Wildman–Crippen LogP) is 3.61. The van der Waals surface area contributed by atoms with Crippen molar-refractivity contribution < 1.29 is 18.0 Å². The van der Waals surface area contributed by atoms with Gasteiger partial charge in [-0.05, 0) is 31.0 Å². The summed E-state index contributed by atoms with van der Waals surface area (Å²) in [7, 11) is 0. The Morgan fingerprint density at radius 2 is 2.09 bits per heavy atom. The van der Waals surface area contributed by atoms with Crippen molar-refractivity contribution in [3.05, 3.63) is 24.0 Å². The van der Waals surface area contributed by atoms with Crippen LogP contribution in [0.5, 0.6) is 0 Å². The Balaban J connectivity index is 1.99. The molecule has 1 aliphatic heterocycles. The second kappa shape index (κ2) is 7.76. The molecule has 1 aromatic carbocycles. The molecule has 0 aliphatic carbocycles. The minimum atomic E-state index is -2.40. The first kappa shape index (κ1) is 17.0. The summed E-state index contributed by atoms with van der Waals surface area (Å²) in [4.78, 5) is 13.7. The lowest BCUT2D eigenvalue weighted by Crippen LogP contribution is -2.41. The van der Waals surface area contributed by atoms with Gasteiger partial charge in [0.05, 0.1) is 11.4 Å². The van der Waals surface area contributed by atoms with Gasteiger partial charge in [0.25, 0.3) is 0 Å². The lowest BCUT2D eigenvalue weighted by molar-refractivity contribution is -0.129. The highest BCUT2D eigenvalue weighted by atomic mass is 32.2. The van der Waals surface area contributed by atoms with Crippen LogP contribution in [0.3, 0.4) is 0 Å². The van der Waals surface area contributed by atoms with Crippen molar-refractivity contribution in [1.82, 2.24) is 4.90 Å². The molecule has 0 radical (unpaired) electrons. The van der Waals surface area contributed by atoms with Crippen molar-refractivity contribution in [2.24, 2.45) is 0 Å². The van der Waals surface area contributed by atoms with E-state index in [-0.39, 0.29) is 17.7 Å². The van der Waals surface area contributed by atoms with E-state index in [2.05, 4.69) is 5.32 Å². The third-order valence-corrected chi connectivity index (χ3v) is 4.69. The number of nitrogens with one attached hydrogen (secondary N) is 1. The number of hydrogen-bond acceptors (Lipinski definition) is 3. The Labute approximate surface area is 132 Å². The third-order valence-electron chi connectivity index (χ3n) is 3.61. The minimum absolute atomic E-state index is 0.0531. The van der Waals surface area contributed by atoms with E-state index < -0.39 is 12.2 Å². The van der Waals surface area contributed by atoms with E-state index in [0.29, 0.717) is 23.7 Å². The van der Waals surface area contributed by atoms with Gasteiger partial charge in [-0.2, -0.15) is 0 Å². The first-order chi connectivity index (χ1) is 10.5. The summed E-state index contributed by atoms with van der Waals surface area (Å²) in [5.74, 6) is -0.661. The molecule has 0 saturated carbocycles. The van der Waals surface area contributed by atoms with E-state index >= 15 is 0 Å². The van der Waals surface area contributed by atoms with Crippen LogP contribution in [0.1, 0.15) is 19.8 Å². The van der Waals surface area contributed by atoms with Crippen LogP contribution in [-0.2, 0) is 4.79 Å². The van der Waals surface area contributed by atoms with E-state index in [1.165, 1.54) is 18.2 Å². The molecule has 0 aromatic heterocycles. The highest BCUT2D eigenvalue weighted by molar-refractivity contribution is 7.99. The molecule has 2 rings (SSSR count). The highest BCUT2D eigenvalue weighted by Gasteiger charge is 2.21. The van der Waals surface area contributed by atoms with Gasteiger partial charge in [0.1, 0.15) is 5.82 Å². The fourth-order valence-electron chi connectivity index (χ4n) is 2.45. The van der Waals surface area contributed by atoms with Crippen LogP contribution in [0.15, 0.2) is 23.1 Å². The summed E-state index contributed by atoms with van der Waals surface area (Å²) >= 11 is 1.01. The number of nitrogens with zero attached hydrogens (tertiary/aromatic N) is 1. The number of carbonyl (C=O) groups is 1. The fourth-order valence-corrected chi connectivity index (χ4v) is 3.20. The maximum absolute atomic E-state index is 13.4. The molecule has 1 fully saturated rings. The second-order valence-electron chi connectivity index (χ2n) is 5.27. The molecule has 0 bridgehead atoms. The van der Waals surface area contributed by atoms with Crippen molar-refractivity contribution in [3.63, 3.8) is 0 Å². The van der Waals surface area contributed by atoms with Gasteiger partial charge in [-0.1, -0.05) is 0 Å². The third kappa shape index (κ3) is 4.83. The molecule has 22 heavy (non-hydrogen) atoms. The molecule has 1 heterocycles. The maximum atomic E-state index is 13.4. The van der Waals surface area contributed by atoms with Crippen molar-refractivity contribution in [2.75, 3.05) is 24.2 Å². The average molecular weight is 332 g/mol. The SMILES string of the molecule is CC(=O)N1CCC(Nc2cc(F)ccc2SCC(F)F)CC1. The summed E-state index contributed by atoms with van der Waals surface area (Å²) in [5, 5.41) is 3.23. The summed E-state index contributed by atoms with van der Waals surface area (Å²) in [6.45, 7) is 2.85. The molecule has 1 aromatic rings. The number of likely N-dealkylation sites (tertiary alicyclic amines) is 1. The van der Waals surface area contributed by atoms with Crippen LogP contribution in [0.2, 0.25) is 0 Å². The Hall–Kier alpha value is -1.37. The number of amides is 1. The van der Waals surface area contributed by atoms with Gasteiger partial charge < -0.3 is 10.2 Å². The van der Waals surface area contributed by atoms with Crippen LogP contribution in [0.25, 0.3) is 0 Å². The summed E-state index contributed by atoms with van der Waals surface area (Å²) in [6.07, 6.45) is -0.883. The van der Waals surface area contributed by atoms with E-state index in [9.17, 15) is 18.0 Å². The smallest absolute Gasteiger partial charge is 0.247 e. The largest absolute Gasteiger partial charge is 0.381 e. The van der Waals surface area contributed by atoms with Crippen LogP contribution in [0.4, 0.5) is 18.9 Å². The molecule has 0 atom stereocenters. The molecule has 1 amide bonds. The molecular formula is C15H19F3N2OS. The number of benzene rings is 1. The summed E-state index contributed by atoms with van der Waals surface area (Å²) in [6, 6.07) is 4.25. The van der Waals surface area contributed by atoms with E-state index in [4.69, 9.17) is 0 Å².